The normalized spacial score (nSPS) is 11.1. The van der Waals surface area contributed by atoms with Crippen LogP contribution in [0.3, 0.4) is 0 Å². The molecule has 0 aliphatic rings. The average molecular weight is 377 g/mol. The highest BCUT2D eigenvalue weighted by atomic mass is 79.9. The molecule has 0 saturated heterocycles. The van der Waals surface area contributed by atoms with Crippen molar-refractivity contribution in [1.29, 1.82) is 0 Å². The molecule has 0 bridgehead atoms. The molecule has 2 nitrogen and oxygen atoms in total. The van der Waals surface area contributed by atoms with Gasteiger partial charge in [0.15, 0.2) is 0 Å². The summed E-state index contributed by atoms with van der Waals surface area (Å²) in [6.07, 6.45) is 15.2. The molecule has 0 aromatic carbocycles. The molecule has 0 aromatic heterocycles. The van der Waals surface area contributed by atoms with Crippen molar-refractivity contribution in [2.75, 3.05) is 11.9 Å². The molecule has 0 fully saturated rings. The van der Waals surface area contributed by atoms with Gasteiger partial charge in [0.05, 0.1) is 6.61 Å². The lowest BCUT2D eigenvalue weighted by Crippen LogP contribution is -2.10. The van der Waals surface area contributed by atoms with Gasteiger partial charge in [-0.15, -0.1) is 0 Å². The van der Waals surface area contributed by atoms with Crippen LogP contribution in [0.25, 0.3) is 0 Å². The summed E-state index contributed by atoms with van der Waals surface area (Å²) in [6, 6.07) is 0. The second-order valence-corrected chi connectivity index (χ2v) is 7.16. The van der Waals surface area contributed by atoms with Crippen molar-refractivity contribution in [1.82, 2.24) is 0 Å². The molecule has 3 heteroatoms. The Morgan fingerprint density at radius 3 is 2.05 bits per heavy atom. The molecular formula is C19H37BrO2. The maximum absolute atomic E-state index is 11.7. The zero-order chi connectivity index (χ0) is 16.5. The summed E-state index contributed by atoms with van der Waals surface area (Å²) < 4.78 is 5.41. The Bertz CT molecular complexity index is 236. The number of hydrogen-bond donors (Lipinski definition) is 0. The van der Waals surface area contributed by atoms with Crippen LogP contribution in [0.2, 0.25) is 0 Å². The molecule has 0 atom stereocenters. The molecule has 22 heavy (non-hydrogen) atoms. The van der Waals surface area contributed by atoms with Crippen LogP contribution in [0, 0.1) is 5.92 Å². The molecule has 132 valence electrons. The Hall–Kier alpha value is -0.0500. The monoisotopic (exact) mass is 376 g/mol. The van der Waals surface area contributed by atoms with E-state index in [0.717, 1.165) is 30.5 Å². The summed E-state index contributed by atoms with van der Waals surface area (Å²) in [7, 11) is 0. The van der Waals surface area contributed by atoms with Gasteiger partial charge in [-0.25, -0.2) is 0 Å². The van der Waals surface area contributed by atoms with Crippen LogP contribution >= 0.6 is 15.9 Å². The van der Waals surface area contributed by atoms with Crippen LogP contribution < -0.4 is 0 Å². The van der Waals surface area contributed by atoms with Gasteiger partial charge < -0.3 is 4.74 Å². The highest BCUT2D eigenvalue weighted by molar-refractivity contribution is 9.09. The third-order valence-corrected chi connectivity index (χ3v) is 4.80. The molecule has 0 radical (unpaired) electrons. The van der Waals surface area contributed by atoms with Crippen LogP contribution in [0.4, 0.5) is 0 Å². The lowest BCUT2D eigenvalue weighted by molar-refractivity contribution is -0.144. The van der Waals surface area contributed by atoms with E-state index in [1.807, 2.05) is 0 Å². The van der Waals surface area contributed by atoms with Crippen molar-refractivity contribution in [3.8, 4) is 0 Å². The van der Waals surface area contributed by atoms with Crippen molar-refractivity contribution in [3.05, 3.63) is 0 Å². The zero-order valence-corrected chi connectivity index (χ0v) is 16.5. The summed E-state index contributed by atoms with van der Waals surface area (Å²) >= 11 is 3.44. The van der Waals surface area contributed by atoms with Crippen LogP contribution in [0.1, 0.15) is 97.3 Å². The average Bonchev–Trinajstić information content (AvgIpc) is 2.52. The minimum atomic E-state index is 0.00484. The fraction of sp³-hybridized carbons (Fsp3) is 0.947. The number of ether oxygens (including phenoxy) is 1. The van der Waals surface area contributed by atoms with Gasteiger partial charge >= 0.3 is 5.97 Å². The van der Waals surface area contributed by atoms with E-state index in [4.69, 9.17) is 4.74 Å². The molecule has 0 aromatic rings. The van der Waals surface area contributed by atoms with E-state index < -0.39 is 0 Å². The number of unbranched alkanes of at least 4 members (excludes halogenated alkanes) is 6. The lowest BCUT2D eigenvalue weighted by atomic mass is 9.93. The van der Waals surface area contributed by atoms with Gasteiger partial charge in [-0.3, -0.25) is 4.79 Å². The predicted octanol–water partition coefficient (Wildman–Crippen LogP) is 6.65. The number of carbonyl (C=O) groups excluding carboxylic acids is 1. The summed E-state index contributed by atoms with van der Waals surface area (Å²) in [5.41, 5.74) is 0. The fourth-order valence-corrected chi connectivity index (χ4v) is 3.12. The first-order valence-electron chi connectivity index (χ1n) is 9.46. The van der Waals surface area contributed by atoms with Crippen LogP contribution in [0.15, 0.2) is 0 Å². The topological polar surface area (TPSA) is 26.3 Å². The van der Waals surface area contributed by atoms with Gasteiger partial charge in [-0.05, 0) is 25.2 Å². The Kier molecular flexibility index (Phi) is 17.3. The Morgan fingerprint density at radius 1 is 0.864 bits per heavy atom. The van der Waals surface area contributed by atoms with Crippen molar-refractivity contribution in [3.63, 3.8) is 0 Å². The highest BCUT2D eigenvalue weighted by Gasteiger charge is 2.09. The molecule has 0 amide bonds. The van der Waals surface area contributed by atoms with Crippen LogP contribution in [-0.2, 0) is 9.53 Å². The molecule has 0 saturated carbocycles. The Balaban J connectivity index is 3.60. The first kappa shape index (κ1) is 21.9. The largest absolute Gasteiger partial charge is 0.466 e. The fourth-order valence-electron chi connectivity index (χ4n) is 2.72. The SMILES string of the molecule is CCCCC(CCCC)CCOC(=O)CCCCCCCBr. The number of esters is 1. The van der Waals surface area contributed by atoms with Crippen molar-refractivity contribution >= 4 is 21.9 Å². The zero-order valence-electron chi connectivity index (χ0n) is 14.9. The smallest absolute Gasteiger partial charge is 0.305 e. The third-order valence-electron chi connectivity index (χ3n) is 4.24. The number of carbonyl (C=O) groups is 1. The number of hydrogen-bond acceptors (Lipinski definition) is 2. The van der Waals surface area contributed by atoms with Gasteiger partial charge in [-0.1, -0.05) is 87.6 Å². The van der Waals surface area contributed by atoms with E-state index in [9.17, 15) is 4.79 Å². The summed E-state index contributed by atoms with van der Waals surface area (Å²) in [5, 5.41) is 1.09. The summed E-state index contributed by atoms with van der Waals surface area (Å²) in [5.74, 6) is 0.752. The Labute approximate surface area is 146 Å². The van der Waals surface area contributed by atoms with E-state index in [1.54, 1.807) is 0 Å². The molecule has 0 N–H and O–H groups in total. The van der Waals surface area contributed by atoms with Crippen molar-refractivity contribution in [2.45, 2.75) is 97.3 Å². The van der Waals surface area contributed by atoms with Gasteiger partial charge in [0, 0.05) is 11.8 Å². The van der Waals surface area contributed by atoms with E-state index in [2.05, 4.69) is 29.8 Å². The first-order valence-corrected chi connectivity index (χ1v) is 10.6. The molecular weight excluding hydrogens is 340 g/mol. The van der Waals surface area contributed by atoms with E-state index >= 15 is 0 Å². The van der Waals surface area contributed by atoms with Gasteiger partial charge in [0.1, 0.15) is 0 Å². The van der Waals surface area contributed by atoms with E-state index in [0.29, 0.717) is 13.0 Å². The number of rotatable bonds is 16. The number of halogens is 1. The van der Waals surface area contributed by atoms with Gasteiger partial charge in [0.25, 0.3) is 0 Å². The van der Waals surface area contributed by atoms with Crippen molar-refractivity contribution in [2.24, 2.45) is 5.92 Å². The molecule has 0 aliphatic carbocycles. The summed E-state index contributed by atoms with van der Waals surface area (Å²) in [4.78, 5) is 11.7. The van der Waals surface area contributed by atoms with Crippen LogP contribution in [-0.4, -0.2) is 17.9 Å². The maximum Gasteiger partial charge on any atom is 0.305 e. The molecule has 0 aliphatic heterocycles. The minimum absolute atomic E-state index is 0.00484. The first-order chi connectivity index (χ1) is 10.7. The molecule has 0 spiro atoms. The highest BCUT2D eigenvalue weighted by Crippen LogP contribution is 2.20. The Morgan fingerprint density at radius 2 is 1.45 bits per heavy atom. The number of alkyl halides is 1. The van der Waals surface area contributed by atoms with Crippen molar-refractivity contribution < 1.29 is 9.53 Å². The minimum Gasteiger partial charge on any atom is -0.466 e. The van der Waals surface area contributed by atoms with Gasteiger partial charge in [0.2, 0.25) is 0 Å². The lowest BCUT2D eigenvalue weighted by Gasteiger charge is -2.16. The molecule has 0 rings (SSSR count). The van der Waals surface area contributed by atoms with Crippen LogP contribution in [0.5, 0.6) is 0 Å². The third kappa shape index (κ3) is 14.9. The standard InChI is InChI=1S/C19H37BrO2/c1-3-5-12-18(13-6-4-2)15-17-22-19(21)14-10-8-7-9-11-16-20/h18H,3-17H2,1-2H3. The second-order valence-electron chi connectivity index (χ2n) is 6.37. The molecule has 0 unspecified atom stereocenters. The summed E-state index contributed by atoms with van der Waals surface area (Å²) in [6.45, 7) is 5.12. The maximum atomic E-state index is 11.7. The quantitative estimate of drug-likeness (QED) is 0.171. The predicted molar refractivity (Wildman–Crippen MR) is 99.6 cm³/mol. The van der Waals surface area contributed by atoms with Gasteiger partial charge in [-0.2, -0.15) is 0 Å². The van der Waals surface area contributed by atoms with E-state index in [1.165, 1.54) is 57.8 Å². The molecule has 0 heterocycles. The second kappa shape index (κ2) is 17.3. The van der Waals surface area contributed by atoms with E-state index in [-0.39, 0.29) is 5.97 Å².